The van der Waals surface area contributed by atoms with Gasteiger partial charge in [-0.15, -0.1) is 0 Å². The fourth-order valence-electron chi connectivity index (χ4n) is 3.63. The highest BCUT2D eigenvalue weighted by atomic mass is 19.4. The second-order valence-corrected chi connectivity index (χ2v) is 8.54. The molecular formula is C25H39F3N2O3. The van der Waals surface area contributed by atoms with E-state index in [2.05, 4.69) is 10.6 Å². The first-order valence-electron chi connectivity index (χ1n) is 12.2. The van der Waals surface area contributed by atoms with Gasteiger partial charge in [0.1, 0.15) is 6.54 Å². The molecule has 5 nitrogen and oxygen atoms in total. The molecule has 3 N–H and O–H groups in total. The molecule has 0 radical (unpaired) electrons. The SMILES string of the molecule is O=C(O)CNC(=O)c1ccc(NCCCCCCCCCCCCCCCC(F)(F)F)cc1. The first-order chi connectivity index (χ1) is 15.8. The summed E-state index contributed by atoms with van der Waals surface area (Å²) in [5.41, 5.74) is 1.37. The average molecular weight is 473 g/mol. The van der Waals surface area contributed by atoms with Crippen molar-refractivity contribution in [2.24, 2.45) is 0 Å². The summed E-state index contributed by atoms with van der Waals surface area (Å²) in [5, 5.41) is 14.2. The average Bonchev–Trinajstić information content (AvgIpc) is 2.76. The summed E-state index contributed by atoms with van der Waals surface area (Å²) in [5.74, 6) is -1.47. The number of alkyl halides is 3. The Morgan fingerprint density at radius 1 is 0.727 bits per heavy atom. The number of carboxylic acid groups (broad SMARTS) is 1. The van der Waals surface area contributed by atoms with E-state index in [9.17, 15) is 22.8 Å². The Bertz CT molecular complexity index is 664. The van der Waals surface area contributed by atoms with Gasteiger partial charge in [-0.25, -0.2) is 0 Å². The molecule has 1 aromatic carbocycles. The molecule has 0 aliphatic rings. The van der Waals surface area contributed by atoms with Gasteiger partial charge in [-0.1, -0.05) is 70.6 Å². The molecule has 0 atom stereocenters. The predicted molar refractivity (Wildman–Crippen MR) is 126 cm³/mol. The molecule has 1 amide bonds. The van der Waals surface area contributed by atoms with Crippen LogP contribution in [0, 0.1) is 0 Å². The quantitative estimate of drug-likeness (QED) is 0.191. The van der Waals surface area contributed by atoms with Crippen LogP contribution < -0.4 is 10.6 Å². The number of nitrogens with one attached hydrogen (secondary N) is 2. The van der Waals surface area contributed by atoms with Crippen LogP contribution in [0.15, 0.2) is 24.3 Å². The lowest BCUT2D eigenvalue weighted by Crippen LogP contribution is -2.29. The maximum Gasteiger partial charge on any atom is 0.389 e. The molecule has 8 heteroatoms. The van der Waals surface area contributed by atoms with E-state index < -0.39 is 31.0 Å². The van der Waals surface area contributed by atoms with Crippen LogP contribution in [0.25, 0.3) is 0 Å². The number of anilines is 1. The third kappa shape index (κ3) is 17.0. The van der Waals surface area contributed by atoms with Gasteiger partial charge in [0.15, 0.2) is 0 Å². The summed E-state index contributed by atoms with van der Waals surface area (Å²) >= 11 is 0. The summed E-state index contributed by atoms with van der Waals surface area (Å²) in [6.45, 7) is 0.476. The van der Waals surface area contributed by atoms with Crippen LogP contribution in [0.1, 0.15) is 100 Å². The molecule has 0 saturated heterocycles. The van der Waals surface area contributed by atoms with Crippen molar-refractivity contribution in [1.29, 1.82) is 0 Å². The van der Waals surface area contributed by atoms with Crippen LogP contribution in [0.2, 0.25) is 0 Å². The monoisotopic (exact) mass is 472 g/mol. The molecule has 0 fully saturated rings. The van der Waals surface area contributed by atoms with E-state index in [0.717, 1.165) is 37.9 Å². The van der Waals surface area contributed by atoms with E-state index >= 15 is 0 Å². The second-order valence-electron chi connectivity index (χ2n) is 8.54. The number of hydrogen-bond donors (Lipinski definition) is 3. The molecule has 188 valence electrons. The Kier molecular flexibility index (Phi) is 15.1. The Labute approximate surface area is 195 Å². The zero-order valence-corrected chi connectivity index (χ0v) is 19.5. The highest BCUT2D eigenvalue weighted by Crippen LogP contribution is 2.23. The first kappa shape index (κ1) is 28.8. The number of amides is 1. The summed E-state index contributed by atoms with van der Waals surface area (Å²) in [6, 6.07) is 6.98. The number of hydrogen-bond acceptors (Lipinski definition) is 3. The second kappa shape index (κ2) is 17.3. The number of unbranched alkanes of at least 4 members (excludes halogenated alkanes) is 12. The molecular weight excluding hydrogens is 433 g/mol. The van der Waals surface area contributed by atoms with Gasteiger partial charge < -0.3 is 15.7 Å². The molecule has 33 heavy (non-hydrogen) atoms. The van der Waals surface area contributed by atoms with Gasteiger partial charge in [-0.3, -0.25) is 9.59 Å². The largest absolute Gasteiger partial charge is 0.480 e. The molecule has 0 saturated carbocycles. The fraction of sp³-hybridized carbons (Fsp3) is 0.680. The maximum atomic E-state index is 12.0. The maximum absolute atomic E-state index is 12.0. The summed E-state index contributed by atoms with van der Waals surface area (Å²) < 4.78 is 36.1. The normalized spacial score (nSPS) is 11.4. The summed E-state index contributed by atoms with van der Waals surface area (Å²) in [4.78, 5) is 22.3. The molecule has 0 unspecified atom stereocenters. The van der Waals surface area contributed by atoms with E-state index in [-0.39, 0.29) is 6.42 Å². The van der Waals surface area contributed by atoms with Crippen molar-refractivity contribution >= 4 is 17.6 Å². The minimum absolute atomic E-state index is 0.264. The van der Waals surface area contributed by atoms with Crippen molar-refractivity contribution in [2.75, 3.05) is 18.4 Å². The fourth-order valence-corrected chi connectivity index (χ4v) is 3.63. The van der Waals surface area contributed by atoms with Crippen LogP contribution in [0.5, 0.6) is 0 Å². The number of benzene rings is 1. The van der Waals surface area contributed by atoms with Gasteiger partial charge in [0.2, 0.25) is 0 Å². The molecule has 1 aromatic rings. The molecule has 0 spiro atoms. The van der Waals surface area contributed by atoms with E-state index in [1.54, 1.807) is 12.1 Å². The van der Waals surface area contributed by atoms with Crippen LogP contribution in [-0.4, -0.2) is 36.2 Å². The molecule has 0 aliphatic heterocycles. The van der Waals surface area contributed by atoms with Crippen LogP contribution in [0.3, 0.4) is 0 Å². The van der Waals surface area contributed by atoms with Crippen molar-refractivity contribution in [1.82, 2.24) is 5.32 Å². The zero-order valence-electron chi connectivity index (χ0n) is 19.5. The first-order valence-corrected chi connectivity index (χ1v) is 12.2. The van der Waals surface area contributed by atoms with Gasteiger partial charge in [-0.2, -0.15) is 13.2 Å². The van der Waals surface area contributed by atoms with Gasteiger partial charge in [0, 0.05) is 24.2 Å². The summed E-state index contributed by atoms with van der Waals surface area (Å²) in [7, 11) is 0. The topological polar surface area (TPSA) is 78.4 Å². The lowest BCUT2D eigenvalue weighted by Gasteiger charge is -2.08. The molecule has 0 aromatic heterocycles. The van der Waals surface area contributed by atoms with E-state index in [1.807, 2.05) is 12.1 Å². The van der Waals surface area contributed by atoms with E-state index in [0.29, 0.717) is 12.0 Å². The number of halogens is 3. The van der Waals surface area contributed by atoms with E-state index in [4.69, 9.17) is 5.11 Å². The third-order valence-electron chi connectivity index (χ3n) is 5.51. The number of carbonyl (C=O) groups is 2. The van der Waals surface area contributed by atoms with Crippen molar-refractivity contribution < 1.29 is 27.9 Å². The highest BCUT2D eigenvalue weighted by Gasteiger charge is 2.25. The Morgan fingerprint density at radius 2 is 1.18 bits per heavy atom. The Hall–Kier alpha value is -2.25. The Morgan fingerprint density at radius 3 is 1.64 bits per heavy atom. The van der Waals surface area contributed by atoms with Gasteiger partial charge in [0.05, 0.1) is 0 Å². The van der Waals surface area contributed by atoms with Crippen LogP contribution in [0.4, 0.5) is 18.9 Å². The predicted octanol–water partition coefficient (Wildman–Crippen LogP) is 6.94. The lowest BCUT2D eigenvalue weighted by atomic mass is 10.0. The van der Waals surface area contributed by atoms with Crippen LogP contribution >= 0.6 is 0 Å². The van der Waals surface area contributed by atoms with Gasteiger partial charge in [-0.05, 0) is 37.1 Å². The standard InChI is InChI=1S/C25H39F3N2O3/c26-25(27,28)18-12-10-8-6-4-2-1-3-5-7-9-11-13-19-29-22-16-14-21(15-17-22)24(33)30-20-23(31)32/h14-17,29H,1-13,18-20H2,(H,30,33)(H,31,32). The molecule has 0 heterocycles. The van der Waals surface area contributed by atoms with Gasteiger partial charge >= 0.3 is 12.1 Å². The zero-order chi connectivity index (χ0) is 24.4. The molecule has 0 bridgehead atoms. The van der Waals surface area contributed by atoms with E-state index in [1.165, 1.54) is 44.9 Å². The lowest BCUT2D eigenvalue weighted by molar-refractivity contribution is -0.136. The molecule has 1 rings (SSSR count). The number of rotatable bonds is 19. The van der Waals surface area contributed by atoms with Crippen molar-refractivity contribution in [3.8, 4) is 0 Å². The number of carbonyl (C=O) groups excluding carboxylic acids is 1. The molecule has 0 aliphatic carbocycles. The smallest absolute Gasteiger partial charge is 0.389 e. The van der Waals surface area contributed by atoms with Crippen LogP contribution in [-0.2, 0) is 4.79 Å². The third-order valence-corrected chi connectivity index (χ3v) is 5.51. The van der Waals surface area contributed by atoms with Crippen molar-refractivity contribution in [3.05, 3.63) is 29.8 Å². The number of aliphatic carboxylic acids is 1. The highest BCUT2D eigenvalue weighted by molar-refractivity contribution is 5.96. The number of carboxylic acids is 1. The minimum atomic E-state index is -4.00. The summed E-state index contributed by atoms with van der Waals surface area (Å²) in [6.07, 6.45) is 8.96. The minimum Gasteiger partial charge on any atom is -0.480 e. The van der Waals surface area contributed by atoms with Crippen molar-refractivity contribution in [3.63, 3.8) is 0 Å². The van der Waals surface area contributed by atoms with Crippen molar-refractivity contribution in [2.45, 2.75) is 96.1 Å². The Balaban J connectivity index is 1.89. The van der Waals surface area contributed by atoms with Gasteiger partial charge in [0.25, 0.3) is 5.91 Å².